The van der Waals surface area contributed by atoms with Crippen LogP contribution in [-0.2, 0) is 32.7 Å². The van der Waals surface area contributed by atoms with Gasteiger partial charge in [-0.2, -0.15) is 17.5 Å². The third-order valence-electron chi connectivity index (χ3n) is 1.67. The molecule has 0 unspecified atom stereocenters. The minimum atomic E-state index is 0. The van der Waals surface area contributed by atoms with Crippen molar-refractivity contribution in [3.63, 3.8) is 0 Å². The molecule has 0 aliphatic carbocycles. The molecule has 2 rings (SSSR count). The molecule has 0 bridgehead atoms. The number of rotatable bonds is 0. The van der Waals surface area contributed by atoms with Crippen molar-refractivity contribution in [2.75, 3.05) is 0 Å². The zero-order valence-corrected chi connectivity index (χ0v) is 9.75. The topological polar surface area (TPSA) is 12.9 Å². The molecule has 0 aliphatic heterocycles. The molecule has 1 nitrogen and oxygen atoms in total. The van der Waals surface area contributed by atoms with Gasteiger partial charge in [-0.15, -0.1) is 17.5 Å². The van der Waals surface area contributed by atoms with Crippen LogP contribution in [-0.4, -0.2) is 4.98 Å². The van der Waals surface area contributed by atoms with E-state index in [1.165, 1.54) is 0 Å². The van der Waals surface area contributed by atoms with Crippen LogP contribution in [0.3, 0.4) is 0 Å². The molecular formula is C10H8NY-. The van der Waals surface area contributed by atoms with Crippen LogP contribution >= 0.6 is 0 Å². The van der Waals surface area contributed by atoms with E-state index in [1.54, 1.807) is 0 Å². The molecule has 0 N–H and O–H groups in total. The number of pyridine rings is 1. The number of aryl methyl sites for hydroxylation is 1. The molecule has 1 aromatic heterocycles. The molecule has 12 heavy (non-hydrogen) atoms. The van der Waals surface area contributed by atoms with E-state index < -0.39 is 0 Å². The molecule has 0 spiro atoms. The van der Waals surface area contributed by atoms with Crippen LogP contribution in [0, 0.1) is 13.0 Å². The van der Waals surface area contributed by atoms with Crippen LogP contribution in [0.25, 0.3) is 10.8 Å². The molecule has 0 saturated heterocycles. The van der Waals surface area contributed by atoms with Crippen LogP contribution in [0.1, 0.15) is 5.69 Å². The molecule has 1 heterocycles. The summed E-state index contributed by atoms with van der Waals surface area (Å²) in [6, 6.07) is 11.3. The van der Waals surface area contributed by atoms with Gasteiger partial charge in [0.2, 0.25) is 0 Å². The monoisotopic (exact) mass is 231 g/mol. The van der Waals surface area contributed by atoms with Crippen molar-refractivity contribution >= 4 is 10.8 Å². The summed E-state index contributed by atoms with van der Waals surface area (Å²) in [7, 11) is 0. The summed E-state index contributed by atoms with van der Waals surface area (Å²) in [5, 5.41) is 2.29. The number of hydrogen-bond acceptors (Lipinski definition) is 1. The molecule has 2 heteroatoms. The minimum Gasteiger partial charge on any atom is -0.288 e. The second-order valence-electron chi connectivity index (χ2n) is 2.56. The molecule has 0 atom stereocenters. The van der Waals surface area contributed by atoms with Gasteiger partial charge in [-0.3, -0.25) is 4.98 Å². The summed E-state index contributed by atoms with van der Waals surface area (Å²) in [4.78, 5) is 4.15. The molecule has 0 aliphatic rings. The Bertz CT molecular complexity index is 384. The largest absolute Gasteiger partial charge is 0.288 e. The molecule has 0 amide bonds. The summed E-state index contributed by atoms with van der Waals surface area (Å²) in [5.41, 5.74) is 0.948. The molecule has 0 fully saturated rings. The molecule has 1 aromatic carbocycles. The van der Waals surface area contributed by atoms with Gasteiger partial charge in [0.15, 0.2) is 0 Å². The maximum absolute atomic E-state index is 4.15. The smallest absolute Gasteiger partial charge is 0 e. The van der Waals surface area contributed by atoms with E-state index in [4.69, 9.17) is 0 Å². The summed E-state index contributed by atoms with van der Waals surface area (Å²) >= 11 is 0. The van der Waals surface area contributed by atoms with Crippen molar-refractivity contribution in [1.29, 1.82) is 0 Å². The van der Waals surface area contributed by atoms with E-state index in [2.05, 4.69) is 11.1 Å². The van der Waals surface area contributed by atoms with Crippen molar-refractivity contribution in [3.05, 3.63) is 42.2 Å². The fraction of sp³-hybridized carbons (Fsp3) is 0.100. The van der Waals surface area contributed by atoms with Crippen molar-refractivity contribution < 1.29 is 32.7 Å². The predicted molar refractivity (Wildman–Crippen MR) is 45.3 cm³/mol. The van der Waals surface area contributed by atoms with Gasteiger partial charge in [0.25, 0.3) is 0 Å². The maximum Gasteiger partial charge on any atom is 0 e. The van der Waals surface area contributed by atoms with E-state index in [1.807, 2.05) is 37.4 Å². The average Bonchev–Trinajstić information content (AvgIpc) is 2.04. The Morgan fingerprint density at radius 2 is 2.00 bits per heavy atom. The third kappa shape index (κ3) is 1.91. The molecular weight excluding hydrogens is 223 g/mol. The zero-order valence-electron chi connectivity index (χ0n) is 6.91. The molecule has 57 valence electrons. The molecule has 2 aromatic rings. The number of aromatic nitrogens is 1. The SMILES string of the molecule is Cc1[c-]c2ccccc2cn1.[Y]. The molecule has 0 saturated carbocycles. The zero-order chi connectivity index (χ0) is 7.68. The van der Waals surface area contributed by atoms with E-state index >= 15 is 0 Å². The van der Waals surface area contributed by atoms with Crippen molar-refractivity contribution in [3.8, 4) is 0 Å². The summed E-state index contributed by atoms with van der Waals surface area (Å²) in [6.07, 6.45) is 1.88. The van der Waals surface area contributed by atoms with E-state index in [9.17, 15) is 0 Å². The number of hydrogen-bond donors (Lipinski definition) is 0. The van der Waals surface area contributed by atoms with Gasteiger partial charge in [0, 0.05) is 32.7 Å². The van der Waals surface area contributed by atoms with Gasteiger partial charge in [-0.25, -0.2) is 0 Å². The maximum atomic E-state index is 4.15. The predicted octanol–water partition coefficient (Wildman–Crippen LogP) is 2.34. The van der Waals surface area contributed by atoms with E-state index in [0.717, 1.165) is 16.5 Å². The first-order valence-corrected chi connectivity index (χ1v) is 3.60. The quantitative estimate of drug-likeness (QED) is 0.634. The second kappa shape index (κ2) is 4.11. The van der Waals surface area contributed by atoms with Gasteiger partial charge in [-0.1, -0.05) is 6.07 Å². The van der Waals surface area contributed by atoms with E-state index in [-0.39, 0.29) is 32.7 Å². The fourth-order valence-electron chi connectivity index (χ4n) is 1.12. The fourth-order valence-corrected chi connectivity index (χ4v) is 1.12. The van der Waals surface area contributed by atoms with Crippen LogP contribution in [0.5, 0.6) is 0 Å². The first-order chi connectivity index (χ1) is 5.36. The number of fused-ring (bicyclic) bond motifs is 1. The van der Waals surface area contributed by atoms with Crippen LogP contribution in [0.2, 0.25) is 0 Å². The Morgan fingerprint density at radius 3 is 2.83 bits per heavy atom. The summed E-state index contributed by atoms with van der Waals surface area (Å²) in [5.74, 6) is 0. The van der Waals surface area contributed by atoms with Crippen LogP contribution in [0.15, 0.2) is 30.5 Å². The average molecular weight is 231 g/mol. The third-order valence-corrected chi connectivity index (χ3v) is 1.67. The first-order valence-electron chi connectivity index (χ1n) is 3.60. The van der Waals surface area contributed by atoms with Crippen molar-refractivity contribution in [2.45, 2.75) is 6.92 Å². The Hall–Kier alpha value is -0.266. The van der Waals surface area contributed by atoms with Gasteiger partial charge in [0.1, 0.15) is 0 Å². The van der Waals surface area contributed by atoms with Gasteiger partial charge < -0.3 is 0 Å². The van der Waals surface area contributed by atoms with Crippen molar-refractivity contribution in [2.24, 2.45) is 0 Å². The van der Waals surface area contributed by atoms with Crippen LogP contribution < -0.4 is 0 Å². The first kappa shape index (κ1) is 9.82. The summed E-state index contributed by atoms with van der Waals surface area (Å²) in [6.45, 7) is 1.95. The second-order valence-corrected chi connectivity index (χ2v) is 2.56. The Kier molecular flexibility index (Phi) is 3.36. The molecule has 1 radical (unpaired) electrons. The van der Waals surface area contributed by atoms with Gasteiger partial charge in [0.05, 0.1) is 0 Å². The Labute approximate surface area is 97.1 Å². The van der Waals surface area contributed by atoms with Gasteiger partial charge >= 0.3 is 0 Å². The van der Waals surface area contributed by atoms with E-state index in [0.29, 0.717) is 0 Å². The summed E-state index contributed by atoms with van der Waals surface area (Å²) < 4.78 is 0. The number of nitrogens with zero attached hydrogens (tertiary/aromatic N) is 1. The van der Waals surface area contributed by atoms with Gasteiger partial charge in [-0.05, 0) is 18.8 Å². The van der Waals surface area contributed by atoms with Crippen LogP contribution in [0.4, 0.5) is 0 Å². The Balaban J connectivity index is 0.000000720. The van der Waals surface area contributed by atoms with Crippen molar-refractivity contribution in [1.82, 2.24) is 4.98 Å². The Morgan fingerprint density at radius 1 is 1.25 bits per heavy atom. The number of benzene rings is 1. The normalized spacial score (nSPS) is 9.42. The standard InChI is InChI=1S/C10H8N.Y/c1-8-6-9-4-2-3-5-10(9)7-11-8;/h2-5,7H,1H3;/q-1;. The minimum absolute atomic E-state index is 0.